The third kappa shape index (κ3) is 7.81. The van der Waals surface area contributed by atoms with Gasteiger partial charge in [0, 0.05) is 41.4 Å². The van der Waals surface area contributed by atoms with Crippen molar-refractivity contribution in [2.24, 2.45) is 0 Å². The number of halogens is 3. The van der Waals surface area contributed by atoms with E-state index < -0.39 is 21.6 Å². The summed E-state index contributed by atoms with van der Waals surface area (Å²) in [5.74, 6) is 1.18. The SMILES string of the molecule is CS(=O)(=O)CCNCc1nc(-c2ccc3ncnc(Nc4ccc(OCc5cccc(C(F)(F)F)c5)cc4)c3c2)cs1. The normalized spacial score (nSPS) is 12.0. The molecule has 42 heavy (non-hydrogen) atoms. The molecule has 0 radical (unpaired) electrons. The summed E-state index contributed by atoms with van der Waals surface area (Å²) in [6.07, 6.45) is -1.72. The van der Waals surface area contributed by atoms with E-state index in [1.165, 1.54) is 30.0 Å². The van der Waals surface area contributed by atoms with E-state index in [0.717, 1.165) is 45.0 Å². The summed E-state index contributed by atoms with van der Waals surface area (Å²) in [7, 11) is -3.02. The van der Waals surface area contributed by atoms with Gasteiger partial charge in [0.05, 0.1) is 22.5 Å². The molecule has 8 nitrogen and oxygen atoms in total. The lowest BCUT2D eigenvalue weighted by atomic mass is 10.1. The first-order chi connectivity index (χ1) is 20.0. The van der Waals surface area contributed by atoms with Crippen LogP contribution >= 0.6 is 11.3 Å². The molecule has 2 N–H and O–H groups in total. The Balaban J connectivity index is 1.25. The molecule has 5 rings (SSSR count). The number of anilines is 2. The van der Waals surface area contributed by atoms with Gasteiger partial charge in [-0.1, -0.05) is 18.2 Å². The molecular formula is C29H26F3N5O3S2. The molecule has 0 atom stereocenters. The van der Waals surface area contributed by atoms with Gasteiger partial charge in [-0.05, 0) is 54.1 Å². The maximum Gasteiger partial charge on any atom is 0.416 e. The predicted octanol–water partition coefficient (Wildman–Crippen LogP) is 6.23. The highest BCUT2D eigenvalue weighted by atomic mass is 32.2. The Morgan fingerprint density at radius 1 is 1.00 bits per heavy atom. The van der Waals surface area contributed by atoms with Gasteiger partial charge < -0.3 is 15.4 Å². The van der Waals surface area contributed by atoms with Gasteiger partial charge in [-0.15, -0.1) is 11.3 Å². The van der Waals surface area contributed by atoms with E-state index in [1.807, 2.05) is 23.6 Å². The largest absolute Gasteiger partial charge is 0.489 e. The average Bonchev–Trinajstić information content (AvgIpc) is 3.43. The van der Waals surface area contributed by atoms with E-state index >= 15 is 0 Å². The molecule has 0 fully saturated rings. The predicted molar refractivity (Wildman–Crippen MR) is 158 cm³/mol. The van der Waals surface area contributed by atoms with Crippen LogP contribution in [0.1, 0.15) is 16.1 Å². The van der Waals surface area contributed by atoms with E-state index in [4.69, 9.17) is 4.74 Å². The number of hydrogen-bond acceptors (Lipinski definition) is 9. The van der Waals surface area contributed by atoms with Crippen molar-refractivity contribution in [1.82, 2.24) is 20.3 Å². The standard InChI is InChI=1S/C29H26F3N5O3S2/c1-42(38,39)12-11-33-15-27-37-26(17-41-27)20-5-10-25-24(14-20)28(35-18-34-25)36-22-6-8-23(9-7-22)40-16-19-3-2-4-21(13-19)29(30,31)32/h2-10,13-14,17-18,33H,11-12,15-16H2,1H3,(H,34,35,36). The smallest absolute Gasteiger partial charge is 0.416 e. The van der Waals surface area contributed by atoms with E-state index in [-0.39, 0.29) is 12.4 Å². The zero-order valence-corrected chi connectivity index (χ0v) is 24.0. The molecule has 2 heterocycles. The van der Waals surface area contributed by atoms with Gasteiger partial charge in [-0.2, -0.15) is 13.2 Å². The summed E-state index contributed by atoms with van der Waals surface area (Å²) < 4.78 is 67.2. The summed E-state index contributed by atoms with van der Waals surface area (Å²) in [6, 6.07) is 17.9. The number of rotatable bonds is 11. The number of ether oxygens (including phenoxy) is 1. The van der Waals surface area contributed by atoms with Gasteiger partial charge in [0.25, 0.3) is 0 Å². The van der Waals surface area contributed by atoms with Gasteiger partial charge in [-0.25, -0.2) is 23.4 Å². The molecule has 13 heteroatoms. The first-order valence-corrected chi connectivity index (χ1v) is 15.7. The fourth-order valence-corrected chi connectivity index (χ4v) is 5.36. The van der Waals surface area contributed by atoms with Crippen LogP contribution in [0.4, 0.5) is 24.7 Å². The van der Waals surface area contributed by atoms with Crippen molar-refractivity contribution in [3.8, 4) is 17.0 Å². The molecule has 0 unspecified atom stereocenters. The summed E-state index contributed by atoms with van der Waals surface area (Å²) in [5, 5.41) is 9.98. The Kier molecular flexibility index (Phi) is 8.71. The zero-order valence-electron chi connectivity index (χ0n) is 22.4. The number of thiazole rings is 1. The van der Waals surface area contributed by atoms with Gasteiger partial charge in [0.15, 0.2) is 0 Å². The molecule has 218 valence electrons. The number of sulfone groups is 1. The van der Waals surface area contributed by atoms with Gasteiger partial charge >= 0.3 is 6.18 Å². The zero-order chi connectivity index (χ0) is 29.7. The highest BCUT2D eigenvalue weighted by Crippen LogP contribution is 2.31. The lowest BCUT2D eigenvalue weighted by Gasteiger charge is -2.12. The molecular weight excluding hydrogens is 587 g/mol. The van der Waals surface area contributed by atoms with Crippen LogP contribution in [0.5, 0.6) is 5.75 Å². The number of fused-ring (bicyclic) bond motifs is 1. The quantitative estimate of drug-likeness (QED) is 0.169. The van der Waals surface area contributed by atoms with E-state index in [1.54, 1.807) is 30.3 Å². The molecule has 0 bridgehead atoms. The minimum Gasteiger partial charge on any atom is -0.489 e. The van der Waals surface area contributed by atoms with E-state index in [0.29, 0.717) is 30.2 Å². The van der Waals surface area contributed by atoms with Crippen LogP contribution in [0, 0.1) is 0 Å². The van der Waals surface area contributed by atoms with Crippen LogP contribution in [-0.2, 0) is 29.2 Å². The van der Waals surface area contributed by atoms with Crippen molar-refractivity contribution in [2.75, 3.05) is 23.9 Å². The number of nitrogens with one attached hydrogen (secondary N) is 2. The topological polar surface area (TPSA) is 106 Å². The van der Waals surface area contributed by atoms with Crippen LogP contribution in [0.25, 0.3) is 22.2 Å². The van der Waals surface area contributed by atoms with Crippen molar-refractivity contribution in [1.29, 1.82) is 0 Å². The lowest BCUT2D eigenvalue weighted by Crippen LogP contribution is -2.21. The monoisotopic (exact) mass is 613 g/mol. The molecule has 0 aliphatic carbocycles. The van der Waals surface area contributed by atoms with Crippen molar-refractivity contribution in [3.05, 3.63) is 94.6 Å². The summed E-state index contributed by atoms with van der Waals surface area (Å²) in [5.41, 5.74) is 2.87. The van der Waals surface area contributed by atoms with Gasteiger partial charge in [-0.3, -0.25) is 0 Å². The van der Waals surface area contributed by atoms with E-state index in [2.05, 4.69) is 25.6 Å². The van der Waals surface area contributed by atoms with Gasteiger partial charge in [0.1, 0.15) is 39.3 Å². The highest BCUT2D eigenvalue weighted by Gasteiger charge is 2.30. The Morgan fingerprint density at radius 3 is 2.57 bits per heavy atom. The first kappa shape index (κ1) is 29.4. The fraction of sp³-hybridized carbons (Fsp3) is 0.207. The Morgan fingerprint density at radius 2 is 1.81 bits per heavy atom. The maximum atomic E-state index is 13.0. The summed E-state index contributed by atoms with van der Waals surface area (Å²) >= 11 is 1.49. The summed E-state index contributed by atoms with van der Waals surface area (Å²) in [6.45, 7) is 0.841. The third-order valence-electron chi connectivity index (χ3n) is 6.19. The Labute approximate surface area is 244 Å². The number of alkyl halides is 3. The Bertz CT molecular complexity index is 1790. The second-order valence-corrected chi connectivity index (χ2v) is 12.7. The van der Waals surface area contributed by atoms with Crippen molar-refractivity contribution < 1.29 is 26.3 Å². The molecule has 0 spiro atoms. The molecule has 2 aromatic heterocycles. The highest BCUT2D eigenvalue weighted by molar-refractivity contribution is 7.90. The summed E-state index contributed by atoms with van der Waals surface area (Å²) in [4.78, 5) is 13.5. The number of hydrogen-bond donors (Lipinski definition) is 2. The third-order valence-corrected chi connectivity index (χ3v) is 7.98. The second-order valence-electron chi connectivity index (χ2n) is 9.52. The number of benzene rings is 3. The average molecular weight is 614 g/mol. The minimum absolute atomic E-state index is 0.00502. The molecule has 0 saturated carbocycles. The molecule has 0 amide bonds. The van der Waals surface area contributed by atoms with Crippen molar-refractivity contribution >= 4 is 43.6 Å². The van der Waals surface area contributed by atoms with Crippen LogP contribution in [-0.4, -0.2) is 41.9 Å². The van der Waals surface area contributed by atoms with Crippen LogP contribution < -0.4 is 15.4 Å². The van der Waals surface area contributed by atoms with E-state index in [9.17, 15) is 21.6 Å². The van der Waals surface area contributed by atoms with Crippen molar-refractivity contribution in [2.45, 2.75) is 19.3 Å². The Hall–Kier alpha value is -4.07. The number of nitrogens with zero attached hydrogens (tertiary/aromatic N) is 3. The molecule has 3 aromatic carbocycles. The first-order valence-electron chi connectivity index (χ1n) is 12.8. The van der Waals surface area contributed by atoms with Crippen molar-refractivity contribution in [3.63, 3.8) is 0 Å². The molecule has 0 aliphatic rings. The minimum atomic E-state index is -4.40. The lowest BCUT2D eigenvalue weighted by molar-refractivity contribution is -0.137. The van der Waals surface area contributed by atoms with Crippen LogP contribution in [0.2, 0.25) is 0 Å². The molecule has 0 saturated heterocycles. The van der Waals surface area contributed by atoms with Crippen LogP contribution in [0.15, 0.2) is 78.4 Å². The second kappa shape index (κ2) is 12.4. The molecule has 5 aromatic rings. The maximum absolute atomic E-state index is 13.0. The fourth-order valence-electron chi connectivity index (χ4n) is 4.07. The van der Waals surface area contributed by atoms with Gasteiger partial charge in [0.2, 0.25) is 0 Å². The van der Waals surface area contributed by atoms with Crippen LogP contribution in [0.3, 0.4) is 0 Å². The number of aromatic nitrogens is 3. The molecule has 0 aliphatic heterocycles.